The van der Waals surface area contributed by atoms with Crippen LogP contribution in [-0.2, 0) is 0 Å². The van der Waals surface area contributed by atoms with Gasteiger partial charge in [-0.25, -0.2) is 0 Å². The molecule has 0 radical (unpaired) electrons. The predicted octanol–water partition coefficient (Wildman–Crippen LogP) is 1.02. The minimum absolute atomic E-state index is 0.193. The normalized spacial score (nSPS) is 15.4. The Labute approximate surface area is 97.9 Å². The van der Waals surface area contributed by atoms with E-state index in [1.54, 1.807) is 0 Å². The third-order valence-electron chi connectivity index (χ3n) is 2.79. The van der Waals surface area contributed by atoms with Crippen molar-refractivity contribution in [1.82, 2.24) is 0 Å². The number of aliphatic hydroxyl groups is 4. The van der Waals surface area contributed by atoms with Crippen molar-refractivity contribution in [3.05, 3.63) is 0 Å². The van der Waals surface area contributed by atoms with Gasteiger partial charge in [0.15, 0.2) is 6.29 Å². The molecule has 0 aliphatic rings. The lowest BCUT2D eigenvalue weighted by Crippen LogP contribution is -2.11. The second kappa shape index (κ2) is 10.0. The van der Waals surface area contributed by atoms with E-state index in [4.69, 9.17) is 15.3 Å². The maximum Gasteiger partial charge on any atom is 0.151 e. The third-order valence-corrected chi connectivity index (χ3v) is 2.79. The van der Waals surface area contributed by atoms with Gasteiger partial charge in [0.2, 0.25) is 0 Å². The van der Waals surface area contributed by atoms with Gasteiger partial charge in [-0.2, -0.15) is 0 Å². The number of hydrogen-bond donors (Lipinski definition) is 4. The van der Waals surface area contributed by atoms with E-state index in [9.17, 15) is 5.11 Å². The minimum Gasteiger partial charge on any atom is -0.396 e. The van der Waals surface area contributed by atoms with Gasteiger partial charge in [0.1, 0.15) is 0 Å². The van der Waals surface area contributed by atoms with Gasteiger partial charge in [-0.15, -0.1) is 0 Å². The average Bonchev–Trinajstić information content (AvgIpc) is 2.17. The molecule has 0 saturated carbocycles. The molecule has 0 bridgehead atoms. The molecule has 0 aromatic carbocycles. The van der Waals surface area contributed by atoms with Gasteiger partial charge in [0, 0.05) is 13.0 Å². The second-order valence-electron chi connectivity index (χ2n) is 4.63. The maximum absolute atomic E-state index is 9.59. The molecule has 0 aliphatic carbocycles. The summed E-state index contributed by atoms with van der Waals surface area (Å²) in [5.74, 6) is 0.282. The van der Waals surface area contributed by atoms with Gasteiger partial charge in [0.05, 0.1) is 6.10 Å². The zero-order chi connectivity index (χ0) is 12.4. The molecule has 4 heteroatoms. The van der Waals surface area contributed by atoms with Crippen LogP contribution in [0.2, 0.25) is 0 Å². The fourth-order valence-electron chi connectivity index (χ4n) is 1.82. The van der Waals surface area contributed by atoms with Crippen molar-refractivity contribution in [1.29, 1.82) is 0 Å². The molecule has 98 valence electrons. The smallest absolute Gasteiger partial charge is 0.151 e. The van der Waals surface area contributed by atoms with E-state index in [1.807, 2.05) is 6.92 Å². The lowest BCUT2D eigenvalue weighted by Gasteiger charge is -2.14. The van der Waals surface area contributed by atoms with E-state index in [2.05, 4.69) is 0 Å². The van der Waals surface area contributed by atoms with Crippen LogP contribution in [0, 0.1) is 5.92 Å². The highest BCUT2D eigenvalue weighted by molar-refractivity contribution is 4.60. The Hall–Kier alpha value is -0.160. The minimum atomic E-state index is -1.22. The Morgan fingerprint density at radius 2 is 1.50 bits per heavy atom. The van der Waals surface area contributed by atoms with E-state index in [0.29, 0.717) is 6.42 Å². The molecule has 0 amide bonds. The summed E-state index contributed by atoms with van der Waals surface area (Å²) in [6.07, 6.45) is 3.85. The van der Waals surface area contributed by atoms with Gasteiger partial charge in [-0.05, 0) is 31.6 Å². The molecular formula is C12H26O4. The molecule has 0 aliphatic heterocycles. The SMILES string of the molecule is CC(CCCC(O)CCCCO)CC(O)O. The van der Waals surface area contributed by atoms with Crippen LogP contribution < -0.4 is 0 Å². The first-order valence-corrected chi connectivity index (χ1v) is 6.21. The van der Waals surface area contributed by atoms with Gasteiger partial charge < -0.3 is 20.4 Å². The number of rotatable bonds is 10. The zero-order valence-electron chi connectivity index (χ0n) is 10.2. The largest absolute Gasteiger partial charge is 0.396 e. The third kappa shape index (κ3) is 10.4. The summed E-state index contributed by atoms with van der Waals surface area (Å²) in [5.41, 5.74) is 0. The van der Waals surface area contributed by atoms with Crippen molar-refractivity contribution in [3.8, 4) is 0 Å². The van der Waals surface area contributed by atoms with E-state index >= 15 is 0 Å². The molecule has 0 heterocycles. The first kappa shape index (κ1) is 15.8. The van der Waals surface area contributed by atoms with Gasteiger partial charge in [-0.1, -0.05) is 19.8 Å². The summed E-state index contributed by atoms with van der Waals surface area (Å²) in [7, 11) is 0. The Bertz CT molecular complexity index is 150. The van der Waals surface area contributed by atoms with Crippen molar-refractivity contribution in [2.24, 2.45) is 5.92 Å². The summed E-state index contributed by atoms with van der Waals surface area (Å²) >= 11 is 0. The van der Waals surface area contributed by atoms with E-state index in [-0.39, 0.29) is 18.6 Å². The molecule has 0 aromatic heterocycles. The fourth-order valence-corrected chi connectivity index (χ4v) is 1.82. The predicted molar refractivity (Wildman–Crippen MR) is 62.8 cm³/mol. The summed E-state index contributed by atoms with van der Waals surface area (Å²) in [6.45, 7) is 2.18. The quantitative estimate of drug-likeness (QED) is 0.336. The Balaban J connectivity index is 3.35. The van der Waals surface area contributed by atoms with Crippen molar-refractivity contribution in [2.75, 3.05) is 6.61 Å². The molecule has 0 fully saturated rings. The topological polar surface area (TPSA) is 80.9 Å². The summed E-state index contributed by atoms with van der Waals surface area (Å²) in [4.78, 5) is 0. The lowest BCUT2D eigenvalue weighted by molar-refractivity contribution is -0.0553. The molecule has 2 atom stereocenters. The van der Waals surface area contributed by atoms with Crippen LogP contribution in [-0.4, -0.2) is 39.4 Å². The molecule has 4 nitrogen and oxygen atoms in total. The van der Waals surface area contributed by atoms with Gasteiger partial charge in [-0.3, -0.25) is 0 Å². The molecule has 0 aromatic rings. The van der Waals surface area contributed by atoms with Crippen molar-refractivity contribution in [2.45, 2.75) is 64.3 Å². The van der Waals surface area contributed by atoms with Crippen LogP contribution in [0.5, 0.6) is 0 Å². The van der Waals surface area contributed by atoms with Crippen molar-refractivity contribution < 1.29 is 20.4 Å². The molecule has 0 saturated heterocycles. The number of hydrogen-bond acceptors (Lipinski definition) is 4. The number of aliphatic hydroxyl groups excluding tert-OH is 3. The second-order valence-corrected chi connectivity index (χ2v) is 4.63. The molecule has 2 unspecified atom stereocenters. The van der Waals surface area contributed by atoms with E-state index in [1.165, 1.54) is 0 Å². The van der Waals surface area contributed by atoms with Crippen LogP contribution in [0.1, 0.15) is 51.9 Å². The Morgan fingerprint density at radius 1 is 0.875 bits per heavy atom. The first-order valence-electron chi connectivity index (χ1n) is 6.21. The highest BCUT2D eigenvalue weighted by Crippen LogP contribution is 2.16. The molecular weight excluding hydrogens is 208 g/mol. The average molecular weight is 234 g/mol. The fraction of sp³-hybridized carbons (Fsp3) is 1.00. The summed E-state index contributed by atoms with van der Waals surface area (Å²) in [5, 5.41) is 35.7. The monoisotopic (exact) mass is 234 g/mol. The standard InChI is InChI=1S/C12H26O4/c1-10(9-12(15)16)5-4-7-11(14)6-2-3-8-13/h10-16H,2-9H2,1H3. The van der Waals surface area contributed by atoms with Crippen molar-refractivity contribution >= 4 is 0 Å². The zero-order valence-corrected chi connectivity index (χ0v) is 10.2. The van der Waals surface area contributed by atoms with Crippen LogP contribution in [0.3, 0.4) is 0 Å². The van der Waals surface area contributed by atoms with Gasteiger partial charge in [0.25, 0.3) is 0 Å². The highest BCUT2D eigenvalue weighted by atomic mass is 16.5. The van der Waals surface area contributed by atoms with Crippen LogP contribution in [0.4, 0.5) is 0 Å². The van der Waals surface area contributed by atoms with Gasteiger partial charge >= 0.3 is 0 Å². The van der Waals surface area contributed by atoms with E-state index < -0.39 is 6.29 Å². The Morgan fingerprint density at radius 3 is 2.06 bits per heavy atom. The lowest BCUT2D eigenvalue weighted by atomic mass is 9.98. The molecule has 4 N–H and O–H groups in total. The van der Waals surface area contributed by atoms with Crippen LogP contribution in [0.15, 0.2) is 0 Å². The first-order chi connectivity index (χ1) is 7.56. The summed E-state index contributed by atoms with van der Waals surface area (Å²) < 4.78 is 0. The van der Waals surface area contributed by atoms with Crippen molar-refractivity contribution in [3.63, 3.8) is 0 Å². The molecule has 16 heavy (non-hydrogen) atoms. The molecule has 0 rings (SSSR count). The molecule has 0 spiro atoms. The van der Waals surface area contributed by atoms with Crippen LogP contribution >= 0.6 is 0 Å². The highest BCUT2D eigenvalue weighted by Gasteiger charge is 2.09. The summed E-state index contributed by atoms with van der Waals surface area (Å²) in [6, 6.07) is 0. The Kier molecular flexibility index (Phi) is 9.92. The number of unbranched alkanes of at least 4 members (excludes halogenated alkanes) is 1. The van der Waals surface area contributed by atoms with E-state index in [0.717, 1.165) is 38.5 Å². The van der Waals surface area contributed by atoms with Crippen LogP contribution in [0.25, 0.3) is 0 Å². The maximum atomic E-state index is 9.59.